The van der Waals surface area contributed by atoms with Gasteiger partial charge in [-0.05, 0) is 37.1 Å². The lowest BCUT2D eigenvalue weighted by Crippen LogP contribution is -2.40. The van der Waals surface area contributed by atoms with Gasteiger partial charge in [0.15, 0.2) is 0 Å². The van der Waals surface area contributed by atoms with Crippen LogP contribution in [0, 0.1) is 17.8 Å². The normalized spacial score (nSPS) is 24.4. The van der Waals surface area contributed by atoms with Crippen LogP contribution >= 0.6 is 0 Å². The molecule has 0 aromatic carbocycles. The van der Waals surface area contributed by atoms with Crippen molar-refractivity contribution in [3.05, 3.63) is 12.2 Å². The van der Waals surface area contributed by atoms with Gasteiger partial charge in [0.2, 0.25) is 0 Å². The van der Waals surface area contributed by atoms with E-state index in [0.29, 0.717) is 12.0 Å². The van der Waals surface area contributed by atoms with Gasteiger partial charge in [0.1, 0.15) is 12.2 Å². The Kier molecular flexibility index (Phi) is 6.22. The molecule has 0 radical (unpaired) electrons. The number of aromatic nitrogens is 3. The van der Waals surface area contributed by atoms with E-state index in [-0.39, 0.29) is 0 Å². The maximum absolute atomic E-state index is 4.51. The summed E-state index contributed by atoms with van der Waals surface area (Å²) in [7, 11) is 0. The second-order valence-electron chi connectivity index (χ2n) is 7.14. The lowest BCUT2D eigenvalue weighted by molar-refractivity contribution is 0.227. The van der Waals surface area contributed by atoms with Crippen LogP contribution in [-0.2, 0) is 13.0 Å². The van der Waals surface area contributed by atoms with E-state index >= 15 is 0 Å². The third kappa shape index (κ3) is 4.80. The molecule has 4 heteroatoms. The van der Waals surface area contributed by atoms with Crippen molar-refractivity contribution in [2.75, 3.05) is 6.54 Å². The highest BCUT2D eigenvalue weighted by molar-refractivity contribution is 4.93. The van der Waals surface area contributed by atoms with E-state index in [4.69, 9.17) is 0 Å². The van der Waals surface area contributed by atoms with E-state index in [1.54, 1.807) is 6.33 Å². The molecule has 1 aliphatic rings. The molecule has 0 bridgehead atoms. The molecule has 1 aliphatic carbocycles. The second kappa shape index (κ2) is 7.92. The summed E-state index contributed by atoms with van der Waals surface area (Å²) in [5.41, 5.74) is 0. The van der Waals surface area contributed by atoms with Crippen molar-refractivity contribution in [1.82, 2.24) is 20.1 Å². The Morgan fingerprint density at radius 1 is 1.29 bits per heavy atom. The van der Waals surface area contributed by atoms with Crippen LogP contribution < -0.4 is 5.32 Å². The summed E-state index contributed by atoms with van der Waals surface area (Å²) >= 11 is 0. The third-order valence-electron chi connectivity index (χ3n) is 4.73. The molecule has 1 unspecified atom stereocenters. The van der Waals surface area contributed by atoms with Crippen LogP contribution in [-0.4, -0.2) is 27.4 Å². The Morgan fingerprint density at radius 2 is 2.00 bits per heavy atom. The largest absolute Gasteiger partial charge is 0.314 e. The SMILES string of the molecule is CCNC(Cc1ncnn1CC(C)C)C1CCC(C)CC1. The van der Waals surface area contributed by atoms with Crippen molar-refractivity contribution in [2.24, 2.45) is 17.8 Å². The van der Waals surface area contributed by atoms with Gasteiger partial charge in [-0.15, -0.1) is 0 Å². The number of nitrogens with zero attached hydrogens (tertiary/aromatic N) is 3. The van der Waals surface area contributed by atoms with Crippen molar-refractivity contribution in [3.8, 4) is 0 Å². The van der Waals surface area contributed by atoms with Gasteiger partial charge in [-0.1, -0.05) is 40.5 Å². The highest BCUT2D eigenvalue weighted by atomic mass is 15.3. The van der Waals surface area contributed by atoms with Crippen molar-refractivity contribution >= 4 is 0 Å². The Labute approximate surface area is 129 Å². The van der Waals surface area contributed by atoms with Crippen LogP contribution in [0.5, 0.6) is 0 Å². The fraction of sp³-hybridized carbons (Fsp3) is 0.882. The monoisotopic (exact) mass is 292 g/mol. The second-order valence-corrected chi connectivity index (χ2v) is 7.14. The van der Waals surface area contributed by atoms with Crippen LogP contribution in [0.25, 0.3) is 0 Å². The summed E-state index contributed by atoms with van der Waals surface area (Å²) in [6.07, 6.45) is 8.20. The highest BCUT2D eigenvalue weighted by Crippen LogP contribution is 2.31. The first-order valence-corrected chi connectivity index (χ1v) is 8.70. The van der Waals surface area contributed by atoms with Gasteiger partial charge in [0, 0.05) is 19.0 Å². The molecule has 21 heavy (non-hydrogen) atoms. The number of nitrogens with one attached hydrogen (secondary N) is 1. The molecule has 0 aliphatic heterocycles. The lowest BCUT2D eigenvalue weighted by atomic mass is 9.78. The lowest BCUT2D eigenvalue weighted by Gasteiger charge is -2.33. The molecular weight excluding hydrogens is 260 g/mol. The minimum absolute atomic E-state index is 0.553. The topological polar surface area (TPSA) is 42.7 Å². The Morgan fingerprint density at radius 3 is 2.62 bits per heavy atom. The molecule has 2 rings (SSSR count). The molecule has 1 heterocycles. The van der Waals surface area contributed by atoms with E-state index in [1.165, 1.54) is 25.7 Å². The zero-order chi connectivity index (χ0) is 15.2. The zero-order valence-corrected chi connectivity index (χ0v) is 14.2. The van der Waals surface area contributed by atoms with Gasteiger partial charge in [-0.3, -0.25) is 0 Å². The van der Waals surface area contributed by atoms with E-state index < -0.39 is 0 Å². The summed E-state index contributed by atoms with van der Waals surface area (Å²) in [5, 5.41) is 8.11. The average Bonchev–Trinajstić information content (AvgIpc) is 2.86. The van der Waals surface area contributed by atoms with Gasteiger partial charge in [-0.2, -0.15) is 5.10 Å². The van der Waals surface area contributed by atoms with Crippen LogP contribution in [0.3, 0.4) is 0 Å². The molecule has 1 aromatic heterocycles. The standard InChI is InChI=1S/C17H32N4/c1-5-18-16(15-8-6-14(4)7-9-15)10-17-19-12-20-21(17)11-13(2)3/h12-16,18H,5-11H2,1-4H3. The fourth-order valence-corrected chi connectivity index (χ4v) is 3.50. The molecule has 1 aromatic rings. The Balaban J connectivity index is 2.00. The molecule has 1 fully saturated rings. The maximum Gasteiger partial charge on any atom is 0.138 e. The first-order chi connectivity index (χ1) is 10.1. The Hall–Kier alpha value is -0.900. The summed E-state index contributed by atoms with van der Waals surface area (Å²) in [4.78, 5) is 4.51. The molecule has 120 valence electrons. The fourth-order valence-electron chi connectivity index (χ4n) is 3.50. The predicted molar refractivity (Wildman–Crippen MR) is 87.2 cm³/mol. The first kappa shape index (κ1) is 16.5. The molecule has 1 N–H and O–H groups in total. The van der Waals surface area contributed by atoms with Gasteiger partial charge in [-0.25, -0.2) is 9.67 Å². The maximum atomic E-state index is 4.51. The Bertz CT molecular complexity index is 405. The number of likely N-dealkylation sites (N-methyl/N-ethyl adjacent to an activating group) is 1. The van der Waals surface area contributed by atoms with Gasteiger partial charge >= 0.3 is 0 Å². The highest BCUT2D eigenvalue weighted by Gasteiger charge is 2.27. The molecule has 0 spiro atoms. The first-order valence-electron chi connectivity index (χ1n) is 8.70. The van der Waals surface area contributed by atoms with Crippen LogP contribution in [0.2, 0.25) is 0 Å². The van der Waals surface area contributed by atoms with Crippen molar-refractivity contribution in [2.45, 2.75) is 72.4 Å². The minimum atomic E-state index is 0.553. The molecule has 0 saturated heterocycles. The summed E-state index contributed by atoms with van der Waals surface area (Å²) in [6.45, 7) is 11.1. The number of hydrogen-bond donors (Lipinski definition) is 1. The van der Waals surface area contributed by atoms with E-state index in [2.05, 4.69) is 47.8 Å². The van der Waals surface area contributed by atoms with E-state index in [1.807, 2.05) is 0 Å². The van der Waals surface area contributed by atoms with Crippen LogP contribution in [0.15, 0.2) is 6.33 Å². The van der Waals surface area contributed by atoms with Crippen molar-refractivity contribution in [1.29, 1.82) is 0 Å². The van der Waals surface area contributed by atoms with Crippen LogP contribution in [0.1, 0.15) is 59.2 Å². The summed E-state index contributed by atoms with van der Waals surface area (Å²) in [5.74, 6) is 3.46. The van der Waals surface area contributed by atoms with Gasteiger partial charge in [0.05, 0.1) is 0 Å². The molecular formula is C17H32N4. The molecule has 4 nitrogen and oxygen atoms in total. The smallest absolute Gasteiger partial charge is 0.138 e. The predicted octanol–water partition coefficient (Wildman–Crippen LogP) is 3.28. The van der Waals surface area contributed by atoms with Gasteiger partial charge in [0.25, 0.3) is 0 Å². The average molecular weight is 292 g/mol. The molecule has 1 saturated carbocycles. The van der Waals surface area contributed by atoms with Crippen molar-refractivity contribution in [3.63, 3.8) is 0 Å². The van der Waals surface area contributed by atoms with Crippen LogP contribution in [0.4, 0.5) is 0 Å². The quantitative estimate of drug-likeness (QED) is 0.838. The molecule has 0 amide bonds. The minimum Gasteiger partial charge on any atom is -0.314 e. The summed E-state index contributed by atoms with van der Waals surface area (Å²) in [6, 6.07) is 0.553. The summed E-state index contributed by atoms with van der Waals surface area (Å²) < 4.78 is 2.10. The van der Waals surface area contributed by atoms with Gasteiger partial charge < -0.3 is 5.32 Å². The van der Waals surface area contributed by atoms with Crippen molar-refractivity contribution < 1.29 is 0 Å². The van der Waals surface area contributed by atoms with E-state index in [0.717, 1.165) is 37.2 Å². The molecule has 1 atom stereocenters. The third-order valence-corrected chi connectivity index (χ3v) is 4.73. The number of rotatable bonds is 7. The number of hydrogen-bond acceptors (Lipinski definition) is 3. The van der Waals surface area contributed by atoms with E-state index in [9.17, 15) is 0 Å². The zero-order valence-electron chi connectivity index (χ0n) is 14.2.